The second-order valence-electron chi connectivity index (χ2n) is 9.32. The summed E-state index contributed by atoms with van der Waals surface area (Å²) in [6.07, 6.45) is 0.614. The minimum absolute atomic E-state index is 0.114. The van der Waals surface area contributed by atoms with E-state index in [0.717, 1.165) is 39.3 Å². The molecule has 1 N–H and O–H groups in total. The van der Waals surface area contributed by atoms with Gasteiger partial charge in [0.05, 0.1) is 31.7 Å². The molecule has 1 aliphatic rings. The van der Waals surface area contributed by atoms with Gasteiger partial charge in [-0.25, -0.2) is 9.99 Å². The highest BCUT2D eigenvalue weighted by Crippen LogP contribution is 2.35. The second kappa shape index (κ2) is 11.2. The highest BCUT2D eigenvalue weighted by atomic mass is 32.2. The monoisotopic (exact) mass is 549 g/mol. The number of aromatic amines is 1. The minimum atomic E-state index is -0.220. The molecule has 0 bridgehead atoms. The molecular weight excluding hydrogens is 522 g/mol. The summed E-state index contributed by atoms with van der Waals surface area (Å²) in [5.41, 5.74) is 3.77. The van der Waals surface area contributed by atoms with Gasteiger partial charge in [-0.2, -0.15) is 5.10 Å². The van der Waals surface area contributed by atoms with Crippen molar-refractivity contribution < 1.29 is 14.3 Å². The lowest BCUT2D eigenvalue weighted by molar-refractivity contribution is -0.130. The van der Waals surface area contributed by atoms with Crippen LogP contribution in [-0.2, 0) is 4.79 Å². The maximum Gasteiger partial charge on any atom is 0.253 e. The highest BCUT2D eigenvalue weighted by molar-refractivity contribution is 7.99. The van der Waals surface area contributed by atoms with Gasteiger partial charge < -0.3 is 9.47 Å². The molecule has 0 spiro atoms. The highest BCUT2D eigenvalue weighted by Gasteiger charge is 2.33. The number of rotatable bonds is 8. The molecule has 6 rings (SSSR count). The molecule has 9 heteroatoms. The molecule has 0 aliphatic carbocycles. The van der Waals surface area contributed by atoms with Crippen molar-refractivity contribution >= 4 is 34.2 Å². The number of benzene rings is 4. The van der Waals surface area contributed by atoms with Gasteiger partial charge in [0.25, 0.3) is 5.91 Å². The number of methoxy groups -OCH3 is 2. The van der Waals surface area contributed by atoms with Crippen LogP contribution in [0.5, 0.6) is 11.5 Å². The fourth-order valence-electron chi connectivity index (χ4n) is 4.75. The van der Waals surface area contributed by atoms with Crippen LogP contribution < -0.4 is 9.47 Å². The largest absolute Gasteiger partial charge is 0.497 e. The fraction of sp³-hybridized carbons (Fsp3) is 0.161. The summed E-state index contributed by atoms with van der Waals surface area (Å²) in [6.45, 7) is 0. The number of fused-ring (bicyclic) bond motifs is 1. The molecule has 5 aromatic rings. The van der Waals surface area contributed by atoms with Crippen LogP contribution in [0, 0.1) is 0 Å². The molecule has 1 amide bonds. The molecule has 0 fully saturated rings. The number of ether oxygens (including phenoxy) is 2. The first-order valence-electron chi connectivity index (χ1n) is 12.8. The number of hydrogen-bond donors (Lipinski definition) is 1. The molecule has 4 aromatic carbocycles. The zero-order valence-electron chi connectivity index (χ0n) is 22.1. The van der Waals surface area contributed by atoms with Crippen LogP contribution in [0.25, 0.3) is 22.2 Å². The van der Waals surface area contributed by atoms with Crippen molar-refractivity contribution in [1.29, 1.82) is 0 Å². The SMILES string of the molecule is COc1ccc(-c2nc(SCC(=O)N3N=C(c4ccc5ccccc5c4)C[C@H]3c3ccc(OC)cc3)n[nH]2)cc1. The average Bonchev–Trinajstić information content (AvgIpc) is 3.68. The predicted octanol–water partition coefficient (Wildman–Crippen LogP) is 6.11. The van der Waals surface area contributed by atoms with E-state index in [0.29, 0.717) is 17.4 Å². The van der Waals surface area contributed by atoms with Crippen LogP contribution in [0.3, 0.4) is 0 Å². The number of hydrogen-bond acceptors (Lipinski definition) is 7. The van der Waals surface area contributed by atoms with Gasteiger partial charge >= 0.3 is 0 Å². The summed E-state index contributed by atoms with van der Waals surface area (Å²) in [5.74, 6) is 2.21. The van der Waals surface area contributed by atoms with E-state index in [1.54, 1.807) is 19.2 Å². The predicted molar refractivity (Wildman–Crippen MR) is 157 cm³/mol. The van der Waals surface area contributed by atoms with E-state index >= 15 is 0 Å². The molecular formula is C31H27N5O3S. The smallest absolute Gasteiger partial charge is 0.253 e. The number of nitrogens with one attached hydrogen (secondary N) is 1. The van der Waals surface area contributed by atoms with Crippen molar-refractivity contribution in [1.82, 2.24) is 20.2 Å². The Balaban J connectivity index is 1.22. The molecule has 0 radical (unpaired) electrons. The summed E-state index contributed by atoms with van der Waals surface area (Å²) in [7, 11) is 3.27. The lowest BCUT2D eigenvalue weighted by Gasteiger charge is -2.22. The number of nitrogens with zero attached hydrogens (tertiary/aromatic N) is 4. The topological polar surface area (TPSA) is 92.7 Å². The van der Waals surface area contributed by atoms with Crippen LogP contribution >= 0.6 is 11.8 Å². The number of amides is 1. The van der Waals surface area contributed by atoms with E-state index < -0.39 is 0 Å². The number of hydrazone groups is 1. The van der Waals surface area contributed by atoms with Crippen LogP contribution in [0.4, 0.5) is 0 Å². The molecule has 0 saturated heterocycles. The third-order valence-electron chi connectivity index (χ3n) is 6.90. The Morgan fingerprint density at radius 1 is 0.900 bits per heavy atom. The molecule has 1 aliphatic heterocycles. The van der Waals surface area contributed by atoms with Crippen molar-refractivity contribution in [2.24, 2.45) is 5.10 Å². The third kappa shape index (κ3) is 5.28. The van der Waals surface area contributed by atoms with Gasteiger partial charge in [-0.1, -0.05) is 60.3 Å². The minimum Gasteiger partial charge on any atom is -0.497 e. The Kier molecular flexibility index (Phi) is 7.20. The summed E-state index contributed by atoms with van der Waals surface area (Å²) in [6, 6.07) is 29.7. The Hall–Kier alpha value is -4.63. The Labute approximate surface area is 236 Å². The van der Waals surface area contributed by atoms with Gasteiger partial charge in [-0.3, -0.25) is 9.89 Å². The van der Waals surface area contributed by atoms with Crippen molar-refractivity contribution in [3.63, 3.8) is 0 Å². The second-order valence-corrected chi connectivity index (χ2v) is 10.3. The summed E-state index contributed by atoms with van der Waals surface area (Å²) < 4.78 is 10.6. The summed E-state index contributed by atoms with van der Waals surface area (Å²) in [4.78, 5) is 18.1. The number of carbonyl (C=O) groups is 1. The molecule has 40 heavy (non-hydrogen) atoms. The lowest BCUT2D eigenvalue weighted by atomic mass is 9.97. The Morgan fingerprint density at radius 2 is 1.57 bits per heavy atom. The number of carbonyl (C=O) groups excluding carboxylic acids is 1. The Morgan fingerprint density at radius 3 is 2.30 bits per heavy atom. The first-order chi connectivity index (χ1) is 19.6. The maximum atomic E-state index is 13.6. The van der Waals surface area contributed by atoms with Crippen molar-refractivity contribution in [3.05, 3.63) is 102 Å². The van der Waals surface area contributed by atoms with E-state index in [1.807, 2.05) is 60.7 Å². The third-order valence-corrected chi connectivity index (χ3v) is 7.73. The van der Waals surface area contributed by atoms with Gasteiger partial charge in [0.15, 0.2) is 5.82 Å². The van der Waals surface area contributed by atoms with Crippen LogP contribution in [-0.4, -0.2) is 51.8 Å². The van der Waals surface area contributed by atoms with Crippen molar-refractivity contribution in [3.8, 4) is 22.9 Å². The number of H-pyrrole nitrogens is 1. The first kappa shape index (κ1) is 25.6. The molecule has 1 aromatic heterocycles. The van der Waals surface area contributed by atoms with Gasteiger partial charge in [0.2, 0.25) is 5.16 Å². The average molecular weight is 550 g/mol. The fourth-order valence-corrected chi connectivity index (χ4v) is 5.40. The Bertz CT molecular complexity index is 1680. The van der Waals surface area contributed by atoms with Gasteiger partial charge in [-0.05, 0) is 64.4 Å². The zero-order valence-corrected chi connectivity index (χ0v) is 22.9. The maximum absolute atomic E-state index is 13.6. The molecule has 0 unspecified atom stereocenters. The lowest BCUT2D eigenvalue weighted by Crippen LogP contribution is -2.28. The molecule has 200 valence electrons. The quantitative estimate of drug-likeness (QED) is 0.235. The van der Waals surface area contributed by atoms with Gasteiger partial charge in [-0.15, -0.1) is 5.10 Å². The van der Waals surface area contributed by atoms with Gasteiger partial charge in [0, 0.05) is 12.0 Å². The standard InChI is InChI=1S/C31H27N5O3S/c1-38-25-13-9-21(10-14-25)28-18-27(24-8-7-20-5-3-4-6-23(20)17-24)35-36(28)29(37)19-40-31-32-30(33-34-31)22-11-15-26(39-2)16-12-22/h3-17,28H,18-19H2,1-2H3,(H,32,33,34)/t28-/m0/s1. The van der Waals surface area contributed by atoms with Crippen LogP contribution in [0.1, 0.15) is 23.6 Å². The van der Waals surface area contributed by atoms with Crippen molar-refractivity contribution in [2.75, 3.05) is 20.0 Å². The molecule has 2 heterocycles. The van der Waals surface area contributed by atoms with Gasteiger partial charge in [0.1, 0.15) is 11.5 Å². The first-order valence-corrected chi connectivity index (χ1v) is 13.8. The normalized spacial score (nSPS) is 14.8. The van der Waals surface area contributed by atoms with Crippen LogP contribution in [0.2, 0.25) is 0 Å². The number of thioether (sulfide) groups is 1. The summed E-state index contributed by atoms with van der Waals surface area (Å²) in [5, 5.41) is 16.5. The number of aromatic nitrogens is 3. The van der Waals surface area contributed by atoms with E-state index in [1.165, 1.54) is 17.1 Å². The molecule has 1 atom stereocenters. The molecule has 8 nitrogen and oxygen atoms in total. The van der Waals surface area contributed by atoms with Crippen molar-refractivity contribution in [2.45, 2.75) is 17.6 Å². The van der Waals surface area contributed by atoms with E-state index in [4.69, 9.17) is 14.6 Å². The van der Waals surface area contributed by atoms with E-state index in [-0.39, 0.29) is 17.7 Å². The summed E-state index contributed by atoms with van der Waals surface area (Å²) >= 11 is 1.28. The molecule has 0 saturated carbocycles. The van der Waals surface area contributed by atoms with Crippen LogP contribution in [0.15, 0.2) is 101 Å². The zero-order chi connectivity index (χ0) is 27.5. The van der Waals surface area contributed by atoms with E-state index in [2.05, 4.69) is 45.5 Å². The van der Waals surface area contributed by atoms with E-state index in [9.17, 15) is 4.79 Å².